The van der Waals surface area contributed by atoms with E-state index < -0.39 is 0 Å². The van der Waals surface area contributed by atoms with Gasteiger partial charge in [0.1, 0.15) is 0 Å². The molecule has 6 rings (SSSR count). The zero-order valence-corrected chi connectivity index (χ0v) is 17.3. The number of rotatable bonds is 3. The monoisotopic (exact) mass is 409 g/mol. The van der Waals surface area contributed by atoms with E-state index in [2.05, 4.69) is 84.9 Å². The SMILES string of the molecule is c1ccc(-c2nc(-c3cccc4ccccc34)nc(-c3cccc4ccccc34)n2)cc1. The molecule has 0 saturated heterocycles. The Kier molecular flexibility index (Phi) is 4.43. The number of fused-ring (bicyclic) bond motifs is 2. The van der Waals surface area contributed by atoms with Gasteiger partial charge in [-0.3, -0.25) is 0 Å². The quantitative estimate of drug-likeness (QED) is 0.311. The molecule has 0 fully saturated rings. The molecule has 6 aromatic rings. The van der Waals surface area contributed by atoms with E-state index in [0.29, 0.717) is 17.5 Å². The van der Waals surface area contributed by atoms with Gasteiger partial charge in [-0.2, -0.15) is 0 Å². The van der Waals surface area contributed by atoms with Gasteiger partial charge in [-0.05, 0) is 21.5 Å². The molecule has 0 aliphatic carbocycles. The largest absolute Gasteiger partial charge is 0.208 e. The average Bonchev–Trinajstić information content (AvgIpc) is 2.88. The summed E-state index contributed by atoms with van der Waals surface area (Å²) in [5, 5.41) is 4.59. The van der Waals surface area contributed by atoms with Crippen molar-refractivity contribution in [2.24, 2.45) is 0 Å². The van der Waals surface area contributed by atoms with Crippen molar-refractivity contribution in [3.05, 3.63) is 115 Å². The summed E-state index contributed by atoms with van der Waals surface area (Å²) >= 11 is 0. The van der Waals surface area contributed by atoms with Gasteiger partial charge in [0.05, 0.1) is 0 Å². The first-order chi connectivity index (χ1) is 15.9. The summed E-state index contributed by atoms with van der Waals surface area (Å²) in [6.45, 7) is 0. The van der Waals surface area contributed by atoms with Gasteiger partial charge in [-0.1, -0.05) is 115 Å². The van der Waals surface area contributed by atoms with E-state index in [1.165, 1.54) is 10.8 Å². The molecule has 3 nitrogen and oxygen atoms in total. The number of aromatic nitrogens is 3. The van der Waals surface area contributed by atoms with Crippen LogP contribution in [-0.4, -0.2) is 15.0 Å². The van der Waals surface area contributed by atoms with Gasteiger partial charge in [-0.15, -0.1) is 0 Å². The lowest BCUT2D eigenvalue weighted by Crippen LogP contribution is -2.00. The molecule has 0 atom stereocenters. The molecule has 0 bridgehead atoms. The summed E-state index contributed by atoms with van der Waals surface area (Å²) in [5.41, 5.74) is 2.98. The maximum absolute atomic E-state index is 4.98. The second kappa shape index (κ2) is 7.71. The van der Waals surface area contributed by atoms with Crippen molar-refractivity contribution in [3.63, 3.8) is 0 Å². The Morgan fingerprint density at radius 1 is 0.344 bits per heavy atom. The molecule has 3 heteroatoms. The van der Waals surface area contributed by atoms with E-state index in [0.717, 1.165) is 27.5 Å². The summed E-state index contributed by atoms with van der Waals surface area (Å²) in [6.07, 6.45) is 0. The zero-order chi connectivity index (χ0) is 21.3. The first kappa shape index (κ1) is 18.4. The summed E-state index contributed by atoms with van der Waals surface area (Å²) in [5.74, 6) is 2.03. The molecule has 0 N–H and O–H groups in total. The molecule has 1 heterocycles. The fourth-order valence-electron chi connectivity index (χ4n) is 4.17. The predicted molar refractivity (Wildman–Crippen MR) is 131 cm³/mol. The van der Waals surface area contributed by atoms with Crippen LogP contribution < -0.4 is 0 Å². The molecule has 32 heavy (non-hydrogen) atoms. The lowest BCUT2D eigenvalue weighted by atomic mass is 10.0. The molecule has 150 valence electrons. The molecule has 0 radical (unpaired) electrons. The Morgan fingerprint density at radius 2 is 0.781 bits per heavy atom. The maximum Gasteiger partial charge on any atom is 0.164 e. The number of nitrogens with zero attached hydrogens (tertiary/aromatic N) is 3. The van der Waals surface area contributed by atoms with Crippen LogP contribution in [0.3, 0.4) is 0 Å². The maximum atomic E-state index is 4.98. The molecule has 0 unspecified atom stereocenters. The molecule has 0 amide bonds. The average molecular weight is 409 g/mol. The van der Waals surface area contributed by atoms with Gasteiger partial charge in [0.25, 0.3) is 0 Å². The van der Waals surface area contributed by atoms with Crippen molar-refractivity contribution in [2.45, 2.75) is 0 Å². The van der Waals surface area contributed by atoms with E-state index in [4.69, 9.17) is 15.0 Å². The van der Waals surface area contributed by atoms with Gasteiger partial charge in [-0.25, -0.2) is 15.0 Å². The summed E-state index contributed by atoms with van der Waals surface area (Å²) in [6, 6.07) is 39.3. The summed E-state index contributed by atoms with van der Waals surface area (Å²) < 4.78 is 0. The van der Waals surface area contributed by atoms with Crippen LogP contribution in [0.15, 0.2) is 115 Å². The van der Waals surface area contributed by atoms with Crippen molar-refractivity contribution in [2.75, 3.05) is 0 Å². The third kappa shape index (κ3) is 3.21. The second-order valence-electron chi connectivity index (χ2n) is 7.73. The minimum atomic E-state index is 0.673. The van der Waals surface area contributed by atoms with Crippen LogP contribution in [0.4, 0.5) is 0 Å². The Morgan fingerprint density at radius 3 is 1.34 bits per heavy atom. The zero-order valence-electron chi connectivity index (χ0n) is 17.3. The van der Waals surface area contributed by atoms with E-state index in [9.17, 15) is 0 Å². The molecule has 0 aliphatic rings. The number of benzene rings is 5. The topological polar surface area (TPSA) is 38.7 Å². The Balaban J connectivity index is 1.65. The first-order valence-corrected chi connectivity index (χ1v) is 10.6. The van der Waals surface area contributed by atoms with Crippen molar-refractivity contribution in [3.8, 4) is 34.2 Å². The Hall–Kier alpha value is -4.37. The predicted octanol–water partition coefficient (Wildman–Crippen LogP) is 7.18. The van der Waals surface area contributed by atoms with Crippen molar-refractivity contribution >= 4 is 21.5 Å². The van der Waals surface area contributed by atoms with E-state index >= 15 is 0 Å². The standard InChI is InChI=1S/C29H19N3/c1-2-12-22(13-3-1)27-30-28(25-18-8-14-20-10-4-6-16-23(20)25)32-29(31-27)26-19-9-15-21-11-5-7-17-24(21)26/h1-19H. The lowest BCUT2D eigenvalue weighted by molar-refractivity contribution is 1.08. The van der Waals surface area contributed by atoms with E-state index in [-0.39, 0.29) is 0 Å². The van der Waals surface area contributed by atoms with Crippen LogP contribution in [0.2, 0.25) is 0 Å². The molecule has 0 saturated carbocycles. The molecule has 0 spiro atoms. The van der Waals surface area contributed by atoms with Gasteiger partial charge < -0.3 is 0 Å². The highest BCUT2D eigenvalue weighted by Gasteiger charge is 2.15. The van der Waals surface area contributed by atoms with Crippen molar-refractivity contribution in [1.29, 1.82) is 0 Å². The molecule has 0 aliphatic heterocycles. The Bertz CT molecular complexity index is 1460. The summed E-state index contributed by atoms with van der Waals surface area (Å²) in [4.78, 5) is 14.8. The van der Waals surface area contributed by atoms with Gasteiger partial charge in [0.15, 0.2) is 17.5 Å². The Labute approximate surface area is 186 Å². The number of hydrogen-bond donors (Lipinski definition) is 0. The highest BCUT2D eigenvalue weighted by atomic mass is 15.0. The minimum Gasteiger partial charge on any atom is -0.208 e. The highest BCUT2D eigenvalue weighted by molar-refractivity contribution is 5.97. The lowest BCUT2D eigenvalue weighted by Gasteiger charge is -2.11. The highest BCUT2D eigenvalue weighted by Crippen LogP contribution is 2.31. The minimum absolute atomic E-state index is 0.673. The number of hydrogen-bond acceptors (Lipinski definition) is 3. The van der Waals surface area contributed by atoms with E-state index in [1.807, 2.05) is 30.3 Å². The van der Waals surface area contributed by atoms with Crippen molar-refractivity contribution < 1.29 is 0 Å². The van der Waals surface area contributed by atoms with Gasteiger partial charge >= 0.3 is 0 Å². The third-order valence-electron chi connectivity index (χ3n) is 5.73. The van der Waals surface area contributed by atoms with Gasteiger partial charge in [0, 0.05) is 16.7 Å². The molecular weight excluding hydrogens is 390 g/mol. The van der Waals surface area contributed by atoms with Crippen LogP contribution in [0.1, 0.15) is 0 Å². The van der Waals surface area contributed by atoms with Gasteiger partial charge in [0.2, 0.25) is 0 Å². The smallest absolute Gasteiger partial charge is 0.164 e. The van der Waals surface area contributed by atoms with Crippen LogP contribution in [0.5, 0.6) is 0 Å². The summed E-state index contributed by atoms with van der Waals surface area (Å²) in [7, 11) is 0. The van der Waals surface area contributed by atoms with Crippen LogP contribution in [0, 0.1) is 0 Å². The fraction of sp³-hybridized carbons (Fsp3) is 0. The second-order valence-corrected chi connectivity index (χ2v) is 7.73. The first-order valence-electron chi connectivity index (χ1n) is 10.6. The van der Waals surface area contributed by atoms with Crippen molar-refractivity contribution in [1.82, 2.24) is 15.0 Å². The van der Waals surface area contributed by atoms with E-state index in [1.54, 1.807) is 0 Å². The van der Waals surface area contributed by atoms with Crippen LogP contribution in [-0.2, 0) is 0 Å². The molecule has 1 aromatic heterocycles. The molecule has 5 aromatic carbocycles. The normalized spacial score (nSPS) is 11.1. The van der Waals surface area contributed by atoms with Crippen LogP contribution in [0.25, 0.3) is 55.7 Å². The molecular formula is C29H19N3. The fourth-order valence-corrected chi connectivity index (χ4v) is 4.17. The third-order valence-corrected chi connectivity index (χ3v) is 5.73. The van der Waals surface area contributed by atoms with Crippen LogP contribution >= 0.6 is 0 Å².